The van der Waals surface area contributed by atoms with E-state index in [1.165, 1.54) is 7.11 Å². The summed E-state index contributed by atoms with van der Waals surface area (Å²) >= 11 is 0. The number of rotatable bonds is 6. The molecule has 1 heterocycles. The zero-order valence-electron chi connectivity index (χ0n) is 17.1. The number of benzene rings is 3. The van der Waals surface area contributed by atoms with Crippen molar-refractivity contribution in [2.75, 3.05) is 7.11 Å². The number of hydrogen-bond donors (Lipinski definition) is 1. The second-order valence-corrected chi connectivity index (χ2v) is 7.12. The minimum Gasteiger partial charge on any atom is -0.467 e. The number of methoxy groups -OCH3 is 1. The second kappa shape index (κ2) is 9.22. The number of ether oxygens (including phenoxy) is 1. The Hall–Kier alpha value is -3.99. The molecule has 4 aromatic rings. The fourth-order valence-electron chi connectivity index (χ4n) is 3.58. The topological polar surface area (TPSA) is 68.3 Å². The Kier molecular flexibility index (Phi) is 6.03. The van der Waals surface area contributed by atoms with Gasteiger partial charge in [0.15, 0.2) is 0 Å². The molecule has 154 valence electrons. The number of fused-ring (bicyclic) bond motifs is 2. The highest BCUT2D eigenvalue weighted by Crippen LogP contribution is 2.26. The molecule has 1 amide bonds. The molecule has 0 aliphatic rings. The van der Waals surface area contributed by atoms with Crippen molar-refractivity contribution in [1.29, 1.82) is 0 Å². The molecular formula is C26H22N2O3. The van der Waals surface area contributed by atoms with E-state index in [0.717, 1.165) is 27.4 Å². The number of aromatic nitrogens is 1. The number of nitrogens with zero attached hydrogens (tertiary/aromatic N) is 1. The number of amides is 1. The largest absolute Gasteiger partial charge is 0.467 e. The maximum absolute atomic E-state index is 13.4. The molecule has 0 saturated heterocycles. The Labute approximate surface area is 180 Å². The van der Waals surface area contributed by atoms with Gasteiger partial charge in [-0.1, -0.05) is 78.9 Å². The highest BCUT2D eigenvalue weighted by atomic mass is 16.5. The first-order valence-corrected chi connectivity index (χ1v) is 10.0. The molecule has 1 N–H and O–H groups in total. The molecule has 0 saturated carbocycles. The highest BCUT2D eigenvalue weighted by Gasteiger charge is 2.23. The van der Waals surface area contributed by atoms with Crippen molar-refractivity contribution >= 4 is 39.8 Å². The van der Waals surface area contributed by atoms with Gasteiger partial charge in [-0.2, -0.15) is 0 Å². The lowest BCUT2D eigenvalue weighted by molar-refractivity contribution is -0.142. The normalized spacial score (nSPS) is 12.2. The standard InChI is InChI=1S/C26H22N2O3/c1-31-26(30)23(17-9-12-18-10-3-2-4-11-18)28-25(29)24-19-13-5-7-15-21(19)27-22-16-8-6-14-20(22)24/h2-16,23H,17H2,1H3,(H,28,29)/b12-9+/t23-/m1/s1. The van der Waals surface area contributed by atoms with Gasteiger partial charge in [0.25, 0.3) is 5.91 Å². The van der Waals surface area contributed by atoms with E-state index in [2.05, 4.69) is 10.3 Å². The second-order valence-electron chi connectivity index (χ2n) is 7.12. The van der Waals surface area contributed by atoms with Gasteiger partial charge in [0.1, 0.15) is 6.04 Å². The molecule has 31 heavy (non-hydrogen) atoms. The summed E-state index contributed by atoms with van der Waals surface area (Å²) in [4.78, 5) is 30.4. The number of nitrogens with one attached hydrogen (secondary N) is 1. The average Bonchev–Trinajstić information content (AvgIpc) is 2.81. The van der Waals surface area contributed by atoms with Gasteiger partial charge in [0.2, 0.25) is 0 Å². The van der Waals surface area contributed by atoms with Gasteiger partial charge < -0.3 is 10.1 Å². The molecule has 0 fully saturated rings. The van der Waals surface area contributed by atoms with Crippen LogP contribution < -0.4 is 5.32 Å². The zero-order chi connectivity index (χ0) is 21.6. The van der Waals surface area contributed by atoms with Crippen LogP contribution in [0.2, 0.25) is 0 Å². The van der Waals surface area contributed by atoms with Crippen LogP contribution in [0.1, 0.15) is 22.3 Å². The first kappa shape index (κ1) is 20.3. The van der Waals surface area contributed by atoms with Crippen molar-refractivity contribution in [2.45, 2.75) is 12.5 Å². The predicted molar refractivity (Wildman–Crippen MR) is 123 cm³/mol. The van der Waals surface area contributed by atoms with E-state index in [4.69, 9.17) is 4.74 Å². The van der Waals surface area contributed by atoms with Crippen molar-refractivity contribution in [2.24, 2.45) is 0 Å². The Morgan fingerprint density at radius 2 is 1.48 bits per heavy atom. The Bertz CT molecular complexity index is 1210. The van der Waals surface area contributed by atoms with Gasteiger partial charge in [0.05, 0.1) is 23.7 Å². The van der Waals surface area contributed by atoms with E-state index < -0.39 is 12.0 Å². The summed E-state index contributed by atoms with van der Waals surface area (Å²) in [5.41, 5.74) is 2.97. The van der Waals surface area contributed by atoms with Crippen molar-refractivity contribution in [3.63, 3.8) is 0 Å². The van der Waals surface area contributed by atoms with Crippen LogP contribution in [0.25, 0.3) is 27.9 Å². The first-order valence-electron chi connectivity index (χ1n) is 10.0. The van der Waals surface area contributed by atoms with Crippen molar-refractivity contribution in [3.05, 3.63) is 96.1 Å². The number of carbonyl (C=O) groups excluding carboxylic acids is 2. The third kappa shape index (κ3) is 4.46. The smallest absolute Gasteiger partial charge is 0.328 e. The number of carbonyl (C=O) groups is 2. The fourth-order valence-corrected chi connectivity index (χ4v) is 3.58. The first-order chi connectivity index (χ1) is 15.2. The average molecular weight is 410 g/mol. The molecule has 0 aliphatic carbocycles. The van der Waals surface area contributed by atoms with Gasteiger partial charge in [-0.15, -0.1) is 0 Å². The van der Waals surface area contributed by atoms with Crippen LogP contribution in [0.15, 0.2) is 84.9 Å². The Balaban J connectivity index is 1.66. The quantitative estimate of drug-likeness (QED) is 0.367. The Morgan fingerprint density at radius 3 is 2.10 bits per heavy atom. The van der Waals surface area contributed by atoms with Crippen LogP contribution >= 0.6 is 0 Å². The monoisotopic (exact) mass is 410 g/mol. The summed E-state index contributed by atoms with van der Waals surface area (Å²) in [6.07, 6.45) is 4.09. The lowest BCUT2D eigenvalue weighted by atomic mass is 10.0. The zero-order valence-corrected chi connectivity index (χ0v) is 17.1. The van der Waals surface area contributed by atoms with E-state index in [0.29, 0.717) is 12.0 Å². The van der Waals surface area contributed by atoms with Gasteiger partial charge in [-0.05, 0) is 24.1 Å². The van der Waals surface area contributed by atoms with Crippen LogP contribution in [-0.4, -0.2) is 30.0 Å². The molecule has 5 heteroatoms. The molecule has 0 unspecified atom stereocenters. The molecule has 1 aromatic heterocycles. The summed E-state index contributed by atoms with van der Waals surface area (Å²) in [5.74, 6) is -0.827. The molecule has 0 bridgehead atoms. The molecule has 3 aromatic carbocycles. The lowest BCUT2D eigenvalue weighted by Crippen LogP contribution is -2.41. The van der Waals surface area contributed by atoms with Crippen molar-refractivity contribution < 1.29 is 14.3 Å². The van der Waals surface area contributed by atoms with Crippen LogP contribution in [0.3, 0.4) is 0 Å². The maximum Gasteiger partial charge on any atom is 0.328 e. The molecule has 0 spiro atoms. The number of esters is 1. The minimum atomic E-state index is -0.803. The summed E-state index contributed by atoms with van der Waals surface area (Å²) in [5, 5.41) is 4.34. The van der Waals surface area contributed by atoms with Crippen LogP contribution in [0.5, 0.6) is 0 Å². The molecule has 0 radical (unpaired) electrons. The van der Waals surface area contributed by atoms with Gasteiger partial charge in [-0.3, -0.25) is 4.79 Å². The molecule has 0 aliphatic heterocycles. The van der Waals surface area contributed by atoms with Gasteiger partial charge in [-0.25, -0.2) is 9.78 Å². The van der Waals surface area contributed by atoms with Crippen LogP contribution in [-0.2, 0) is 9.53 Å². The fraction of sp³-hybridized carbons (Fsp3) is 0.115. The summed E-state index contributed by atoms with van der Waals surface area (Å²) in [6.45, 7) is 0. The third-order valence-corrected chi connectivity index (χ3v) is 5.09. The summed E-state index contributed by atoms with van der Waals surface area (Å²) in [6, 6.07) is 24.0. The van der Waals surface area contributed by atoms with E-state index in [1.807, 2.05) is 91.0 Å². The number of pyridine rings is 1. The van der Waals surface area contributed by atoms with E-state index in [1.54, 1.807) is 0 Å². The van der Waals surface area contributed by atoms with Gasteiger partial charge in [0, 0.05) is 10.8 Å². The molecular weight excluding hydrogens is 388 g/mol. The summed E-state index contributed by atoms with van der Waals surface area (Å²) in [7, 11) is 1.32. The number of hydrogen-bond acceptors (Lipinski definition) is 4. The van der Waals surface area contributed by atoms with E-state index in [9.17, 15) is 9.59 Å². The molecule has 4 rings (SSSR count). The van der Waals surface area contributed by atoms with Gasteiger partial charge >= 0.3 is 5.97 Å². The molecule has 1 atom stereocenters. The van der Waals surface area contributed by atoms with Crippen LogP contribution in [0.4, 0.5) is 0 Å². The maximum atomic E-state index is 13.4. The van der Waals surface area contributed by atoms with E-state index >= 15 is 0 Å². The highest BCUT2D eigenvalue weighted by molar-refractivity contribution is 6.16. The van der Waals surface area contributed by atoms with Crippen LogP contribution in [0, 0.1) is 0 Å². The third-order valence-electron chi connectivity index (χ3n) is 5.09. The van der Waals surface area contributed by atoms with Crippen molar-refractivity contribution in [1.82, 2.24) is 10.3 Å². The number of para-hydroxylation sites is 2. The lowest BCUT2D eigenvalue weighted by Gasteiger charge is -2.17. The summed E-state index contributed by atoms with van der Waals surface area (Å²) < 4.78 is 4.93. The predicted octanol–water partition coefficient (Wildman–Crippen LogP) is 4.76. The SMILES string of the molecule is COC(=O)[C@@H](C/C=C/c1ccccc1)NC(=O)c1c2ccccc2nc2ccccc12. The minimum absolute atomic E-state index is 0.314. The van der Waals surface area contributed by atoms with E-state index in [-0.39, 0.29) is 5.91 Å². The van der Waals surface area contributed by atoms with Crippen molar-refractivity contribution in [3.8, 4) is 0 Å². The molecule has 5 nitrogen and oxygen atoms in total. The Morgan fingerprint density at radius 1 is 0.903 bits per heavy atom.